The van der Waals surface area contributed by atoms with Crippen LogP contribution in [0.25, 0.3) is 0 Å². The molecule has 0 bridgehead atoms. The predicted octanol–water partition coefficient (Wildman–Crippen LogP) is 1.59. The van der Waals surface area contributed by atoms with Gasteiger partial charge in [-0.25, -0.2) is 9.59 Å². The minimum atomic E-state index is -5.07. The van der Waals surface area contributed by atoms with Crippen LogP contribution in [-0.4, -0.2) is 46.4 Å². The SMILES string of the molecule is CC(NC(=O)NCC1CCCS1)(C(=O)O)C(F)(F)F. The smallest absolute Gasteiger partial charge is 0.422 e. The molecular weight excluding hydrogens is 285 g/mol. The molecule has 1 saturated heterocycles. The first-order valence-electron chi connectivity index (χ1n) is 5.64. The largest absolute Gasteiger partial charge is 0.479 e. The van der Waals surface area contributed by atoms with E-state index >= 15 is 0 Å². The topological polar surface area (TPSA) is 78.4 Å². The molecule has 1 aliphatic rings. The third-order valence-electron chi connectivity index (χ3n) is 2.87. The lowest BCUT2D eigenvalue weighted by Gasteiger charge is -2.28. The first-order valence-corrected chi connectivity index (χ1v) is 6.69. The minimum Gasteiger partial charge on any atom is -0.479 e. The highest BCUT2D eigenvalue weighted by atomic mass is 32.2. The third kappa shape index (κ3) is 3.92. The zero-order valence-corrected chi connectivity index (χ0v) is 11.0. The van der Waals surface area contributed by atoms with Crippen LogP contribution in [0.3, 0.4) is 0 Å². The van der Waals surface area contributed by atoms with Crippen molar-refractivity contribution in [1.29, 1.82) is 0 Å². The molecule has 0 spiro atoms. The van der Waals surface area contributed by atoms with Gasteiger partial charge in [0.1, 0.15) is 0 Å². The van der Waals surface area contributed by atoms with Crippen molar-refractivity contribution in [3.63, 3.8) is 0 Å². The molecule has 0 aromatic heterocycles. The van der Waals surface area contributed by atoms with Gasteiger partial charge in [0, 0.05) is 11.8 Å². The first kappa shape index (κ1) is 15.9. The molecule has 2 unspecified atom stereocenters. The van der Waals surface area contributed by atoms with Crippen LogP contribution in [0.15, 0.2) is 0 Å². The molecule has 3 N–H and O–H groups in total. The van der Waals surface area contributed by atoms with Crippen LogP contribution in [0, 0.1) is 0 Å². The predicted molar refractivity (Wildman–Crippen MR) is 64.1 cm³/mol. The van der Waals surface area contributed by atoms with Gasteiger partial charge in [-0.3, -0.25) is 0 Å². The number of aliphatic carboxylic acids is 1. The van der Waals surface area contributed by atoms with Crippen molar-refractivity contribution in [2.45, 2.75) is 36.7 Å². The van der Waals surface area contributed by atoms with Gasteiger partial charge in [0.25, 0.3) is 0 Å². The van der Waals surface area contributed by atoms with Gasteiger partial charge in [0.05, 0.1) is 0 Å². The van der Waals surface area contributed by atoms with Gasteiger partial charge in [-0.2, -0.15) is 24.9 Å². The van der Waals surface area contributed by atoms with Crippen LogP contribution in [0.4, 0.5) is 18.0 Å². The number of carboxylic acid groups (broad SMARTS) is 1. The minimum absolute atomic E-state index is 0.174. The van der Waals surface area contributed by atoms with E-state index in [1.165, 1.54) is 5.32 Å². The molecule has 0 saturated carbocycles. The van der Waals surface area contributed by atoms with E-state index in [4.69, 9.17) is 5.11 Å². The van der Waals surface area contributed by atoms with Crippen molar-refractivity contribution in [3.8, 4) is 0 Å². The molecule has 1 heterocycles. The molecule has 0 aromatic carbocycles. The average Bonchev–Trinajstić information content (AvgIpc) is 2.77. The van der Waals surface area contributed by atoms with Gasteiger partial charge >= 0.3 is 18.2 Å². The lowest BCUT2D eigenvalue weighted by molar-refractivity contribution is -0.203. The second-order valence-electron chi connectivity index (χ2n) is 4.40. The molecule has 0 radical (unpaired) electrons. The number of urea groups is 1. The summed E-state index contributed by atoms with van der Waals surface area (Å²) in [5, 5.41) is 12.5. The maximum absolute atomic E-state index is 12.6. The summed E-state index contributed by atoms with van der Waals surface area (Å²) in [4.78, 5) is 22.1. The molecule has 9 heteroatoms. The van der Waals surface area contributed by atoms with E-state index in [1.807, 2.05) is 0 Å². The Bertz CT molecular complexity index is 358. The Morgan fingerprint density at radius 1 is 1.42 bits per heavy atom. The third-order valence-corrected chi connectivity index (χ3v) is 4.27. The Morgan fingerprint density at radius 2 is 2.05 bits per heavy atom. The summed E-state index contributed by atoms with van der Waals surface area (Å²) < 4.78 is 37.9. The van der Waals surface area contributed by atoms with E-state index in [1.54, 1.807) is 11.8 Å². The lowest BCUT2D eigenvalue weighted by Crippen LogP contribution is -2.63. The fourth-order valence-electron chi connectivity index (χ4n) is 1.53. The van der Waals surface area contributed by atoms with Crippen molar-refractivity contribution in [1.82, 2.24) is 10.6 Å². The van der Waals surface area contributed by atoms with E-state index < -0.39 is 23.7 Å². The van der Waals surface area contributed by atoms with Gasteiger partial charge < -0.3 is 15.7 Å². The molecule has 5 nitrogen and oxygen atoms in total. The number of amides is 2. The van der Waals surface area contributed by atoms with Gasteiger partial charge in [0.2, 0.25) is 5.54 Å². The first-order chi connectivity index (χ1) is 8.67. The molecule has 110 valence electrons. The summed E-state index contributed by atoms with van der Waals surface area (Å²) in [6.45, 7) is 0.642. The zero-order valence-electron chi connectivity index (χ0n) is 10.2. The van der Waals surface area contributed by atoms with Gasteiger partial charge in [0.15, 0.2) is 0 Å². The quantitative estimate of drug-likeness (QED) is 0.736. The van der Waals surface area contributed by atoms with Crippen LogP contribution in [0.1, 0.15) is 19.8 Å². The maximum atomic E-state index is 12.6. The van der Waals surface area contributed by atoms with Crippen molar-refractivity contribution >= 4 is 23.8 Å². The van der Waals surface area contributed by atoms with Crippen LogP contribution in [-0.2, 0) is 4.79 Å². The summed E-state index contributed by atoms with van der Waals surface area (Å²) in [7, 11) is 0. The number of hydrogen-bond donors (Lipinski definition) is 3. The molecule has 2 atom stereocenters. The van der Waals surface area contributed by atoms with Gasteiger partial charge in [-0.1, -0.05) is 0 Å². The number of carbonyl (C=O) groups is 2. The standard InChI is InChI=1S/C10H15F3N2O3S/c1-9(7(16)17,10(11,12)13)15-8(18)14-5-6-3-2-4-19-6/h6H,2-5H2,1H3,(H,16,17)(H2,14,15,18). The molecule has 1 rings (SSSR count). The number of thioether (sulfide) groups is 1. The summed E-state index contributed by atoms with van der Waals surface area (Å²) in [5.41, 5.74) is -3.29. The van der Waals surface area contributed by atoms with Crippen molar-refractivity contribution in [3.05, 3.63) is 0 Å². The molecule has 2 amide bonds. The van der Waals surface area contributed by atoms with E-state index in [0.29, 0.717) is 6.92 Å². The maximum Gasteiger partial charge on any atom is 0.422 e. The average molecular weight is 300 g/mol. The van der Waals surface area contributed by atoms with Crippen LogP contribution < -0.4 is 10.6 Å². The Morgan fingerprint density at radius 3 is 2.47 bits per heavy atom. The number of rotatable bonds is 4. The van der Waals surface area contributed by atoms with E-state index in [9.17, 15) is 22.8 Å². The number of nitrogens with one attached hydrogen (secondary N) is 2. The number of carboxylic acids is 1. The highest BCUT2D eigenvalue weighted by Crippen LogP contribution is 2.30. The fraction of sp³-hybridized carbons (Fsp3) is 0.800. The van der Waals surface area contributed by atoms with E-state index in [2.05, 4.69) is 5.32 Å². The molecule has 1 fully saturated rings. The molecule has 1 aliphatic heterocycles. The molecule has 0 aromatic rings. The Labute approximate surface area is 112 Å². The second-order valence-corrected chi connectivity index (χ2v) is 5.81. The number of carbonyl (C=O) groups excluding carboxylic acids is 1. The summed E-state index contributed by atoms with van der Waals surface area (Å²) >= 11 is 1.63. The highest BCUT2D eigenvalue weighted by Gasteiger charge is 2.58. The Kier molecular flexibility index (Phi) is 4.94. The van der Waals surface area contributed by atoms with E-state index in [0.717, 1.165) is 18.6 Å². The Hall–Kier alpha value is -1.12. The summed E-state index contributed by atoms with van der Waals surface area (Å²) in [5.74, 6) is -1.19. The van der Waals surface area contributed by atoms with Crippen molar-refractivity contribution in [2.24, 2.45) is 0 Å². The van der Waals surface area contributed by atoms with Crippen LogP contribution in [0.5, 0.6) is 0 Å². The Balaban J connectivity index is 2.54. The van der Waals surface area contributed by atoms with E-state index in [-0.39, 0.29) is 11.8 Å². The molecular formula is C10H15F3N2O3S. The van der Waals surface area contributed by atoms with Crippen molar-refractivity contribution in [2.75, 3.05) is 12.3 Å². The van der Waals surface area contributed by atoms with Crippen LogP contribution in [0.2, 0.25) is 0 Å². The monoisotopic (exact) mass is 300 g/mol. The van der Waals surface area contributed by atoms with Crippen LogP contribution >= 0.6 is 11.8 Å². The van der Waals surface area contributed by atoms with Crippen molar-refractivity contribution < 1.29 is 27.9 Å². The van der Waals surface area contributed by atoms with Gasteiger partial charge in [-0.15, -0.1) is 0 Å². The lowest BCUT2D eigenvalue weighted by atomic mass is 10.0. The highest BCUT2D eigenvalue weighted by molar-refractivity contribution is 8.00. The second kappa shape index (κ2) is 5.89. The molecule has 0 aliphatic carbocycles. The number of hydrogen-bond acceptors (Lipinski definition) is 3. The fourth-order valence-corrected chi connectivity index (χ4v) is 2.73. The normalized spacial score (nSPS) is 22.6. The summed E-state index contributed by atoms with van der Waals surface area (Å²) in [6, 6.07) is -1.13. The summed E-state index contributed by atoms with van der Waals surface area (Å²) in [6.07, 6.45) is -3.17. The van der Waals surface area contributed by atoms with Gasteiger partial charge in [-0.05, 0) is 25.5 Å². The zero-order chi connectivity index (χ0) is 14.7. The number of halogens is 3. The number of alkyl halides is 3. The molecule has 19 heavy (non-hydrogen) atoms.